The van der Waals surface area contributed by atoms with Gasteiger partial charge in [0.05, 0.1) is 6.61 Å². The normalized spacial score (nSPS) is 19.4. The topological polar surface area (TPSA) is 38.5 Å². The van der Waals surface area contributed by atoms with Gasteiger partial charge in [-0.2, -0.15) is 0 Å². The second-order valence-corrected chi connectivity index (χ2v) is 5.19. The molecule has 3 nitrogen and oxygen atoms in total. The molecule has 2 rings (SSSR count). The summed E-state index contributed by atoms with van der Waals surface area (Å²) >= 11 is 5.87. The van der Waals surface area contributed by atoms with Crippen LogP contribution in [0.3, 0.4) is 0 Å². The van der Waals surface area contributed by atoms with Crippen LogP contribution < -0.4 is 5.73 Å². The molecule has 1 aromatic rings. The fourth-order valence-corrected chi connectivity index (χ4v) is 2.35. The molecule has 0 bridgehead atoms. The highest BCUT2D eigenvalue weighted by molar-refractivity contribution is 6.30. The summed E-state index contributed by atoms with van der Waals surface area (Å²) in [6.45, 7) is 4.91. The van der Waals surface area contributed by atoms with E-state index in [4.69, 9.17) is 22.1 Å². The van der Waals surface area contributed by atoms with Gasteiger partial charge < -0.3 is 15.4 Å². The number of hydrogen-bond acceptors (Lipinski definition) is 3. The Morgan fingerprint density at radius 1 is 1.22 bits per heavy atom. The van der Waals surface area contributed by atoms with Crippen LogP contribution in [0, 0.1) is 0 Å². The first-order chi connectivity index (χ1) is 8.75. The SMILES string of the molecule is NC(CCN1CCCOCC1)c1ccc(Cl)cc1. The van der Waals surface area contributed by atoms with Crippen LogP contribution in [-0.2, 0) is 4.74 Å². The van der Waals surface area contributed by atoms with E-state index in [9.17, 15) is 0 Å². The Morgan fingerprint density at radius 3 is 2.78 bits per heavy atom. The molecule has 4 heteroatoms. The summed E-state index contributed by atoms with van der Waals surface area (Å²) in [5.41, 5.74) is 7.36. The molecule has 0 radical (unpaired) electrons. The highest BCUT2D eigenvalue weighted by Crippen LogP contribution is 2.17. The van der Waals surface area contributed by atoms with Crippen LogP contribution in [0.1, 0.15) is 24.4 Å². The van der Waals surface area contributed by atoms with Crippen LogP contribution in [0.25, 0.3) is 0 Å². The van der Waals surface area contributed by atoms with Crippen molar-refractivity contribution < 1.29 is 4.74 Å². The minimum absolute atomic E-state index is 0.0893. The summed E-state index contributed by atoms with van der Waals surface area (Å²) in [6.07, 6.45) is 2.10. The average Bonchev–Trinajstić information content (AvgIpc) is 2.65. The Morgan fingerprint density at radius 2 is 2.00 bits per heavy atom. The van der Waals surface area contributed by atoms with Crippen molar-refractivity contribution >= 4 is 11.6 Å². The van der Waals surface area contributed by atoms with E-state index in [0.717, 1.165) is 56.3 Å². The van der Waals surface area contributed by atoms with Gasteiger partial charge in [-0.05, 0) is 30.5 Å². The zero-order chi connectivity index (χ0) is 12.8. The van der Waals surface area contributed by atoms with Crippen LogP contribution in [0.2, 0.25) is 5.02 Å². The molecule has 0 spiro atoms. The molecule has 1 saturated heterocycles. The van der Waals surface area contributed by atoms with Gasteiger partial charge >= 0.3 is 0 Å². The number of rotatable bonds is 4. The predicted molar refractivity (Wildman–Crippen MR) is 74.9 cm³/mol. The molecule has 0 saturated carbocycles. The highest BCUT2D eigenvalue weighted by Gasteiger charge is 2.12. The smallest absolute Gasteiger partial charge is 0.0593 e. The number of benzene rings is 1. The molecule has 1 aromatic carbocycles. The summed E-state index contributed by atoms with van der Waals surface area (Å²) in [5, 5.41) is 0.760. The van der Waals surface area contributed by atoms with Crippen LogP contribution >= 0.6 is 11.6 Å². The first kappa shape index (κ1) is 13.8. The zero-order valence-corrected chi connectivity index (χ0v) is 11.4. The molecule has 1 aliphatic heterocycles. The van der Waals surface area contributed by atoms with Gasteiger partial charge in [0, 0.05) is 37.3 Å². The van der Waals surface area contributed by atoms with Crippen LogP contribution in [-0.4, -0.2) is 37.7 Å². The van der Waals surface area contributed by atoms with E-state index in [1.54, 1.807) is 0 Å². The molecule has 1 fully saturated rings. The van der Waals surface area contributed by atoms with E-state index in [-0.39, 0.29) is 6.04 Å². The Kier molecular flexibility index (Phi) is 5.45. The lowest BCUT2D eigenvalue weighted by Crippen LogP contribution is -2.29. The second-order valence-electron chi connectivity index (χ2n) is 4.75. The Bertz CT molecular complexity index is 347. The van der Waals surface area contributed by atoms with E-state index in [1.807, 2.05) is 24.3 Å². The Hall–Kier alpha value is -0.610. The van der Waals surface area contributed by atoms with Gasteiger partial charge in [0.2, 0.25) is 0 Å². The lowest BCUT2D eigenvalue weighted by molar-refractivity contribution is 0.141. The summed E-state index contributed by atoms with van der Waals surface area (Å²) < 4.78 is 5.44. The molecular weight excluding hydrogens is 248 g/mol. The molecular formula is C14H21ClN2O. The van der Waals surface area contributed by atoms with Crippen LogP contribution in [0.4, 0.5) is 0 Å². The standard InChI is InChI=1S/C14H21ClN2O/c15-13-4-2-12(3-5-13)14(16)6-8-17-7-1-10-18-11-9-17/h2-5,14H,1,6-11,16H2. The van der Waals surface area contributed by atoms with Gasteiger partial charge in [-0.25, -0.2) is 0 Å². The quantitative estimate of drug-likeness (QED) is 0.912. The monoisotopic (exact) mass is 268 g/mol. The van der Waals surface area contributed by atoms with Crippen molar-refractivity contribution in [2.75, 3.05) is 32.8 Å². The van der Waals surface area contributed by atoms with Crippen LogP contribution in [0.15, 0.2) is 24.3 Å². The van der Waals surface area contributed by atoms with Crippen molar-refractivity contribution in [2.24, 2.45) is 5.73 Å². The molecule has 18 heavy (non-hydrogen) atoms. The fraction of sp³-hybridized carbons (Fsp3) is 0.571. The maximum atomic E-state index is 6.20. The van der Waals surface area contributed by atoms with Gasteiger partial charge in [-0.15, -0.1) is 0 Å². The van der Waals surface area contributed by atoms with Crippen molar-refractivity contribution in [1.29, 1.82) is 0 Å². The first-order valence-electron chi connectivity index (χ1n) is 6.57. The molecule has 1 atom stereocenters. The van der Waals surface area contributed by atoms with E-state index >= 15 is 0 Å². The third-order valence-electron chi connectivity index (χ3n) is 3.37. The first-order valence-corrected chi connectivity index (χ1v) is 6.94. The van der Waals surface area contributed by atoms with Gasteiger partial charge in [0.1, 0.15) is 0 Å². The van der Waals surface area contributed by atoms with E-state index in [1.165, 1.54) is 0 Å². The number of ether oxygens (including phenoxy) is 1. The van der Waals surface area contributed by atoms with Gasteiger partial charge in [-0.3, -0.25) is 0 Å². The molecule has 1 unspecified atom stereocenters. The molecule has 0 amide bonds. The maximum Gasteiger partial charge on any atom is 0.0593 e. The zero-order valence-electron chi connectivity index (χ0n) is 10.6. The summed E-state index contributed by atoms with van der Waals surface area (Å²) in [5.74, 6) is 0. The average molecular weight is 269 g/mol. The predicted octanol–water partition coefficient (Wildman–Crippen LogP) is 2.45. The Balaban J connectivity index is 1.80. The Labute approximate surface area is 114 Å². The molecule has 0 aromatic heterocycles. The molecule has 100 valence electrons. The van der Waals surface area contributed by atoms with Gasteiger partial charge in [0.15, 0.2) is 0 Å². The van der Waals surface area contributed by atoms with E-state index in [0.29, 0.717) is 0 Å². The number of nitrogens with two attached hydrogens (primary N) is 1. The number of hydrogen-bond donors (Lipinski definition) is 1. The molecule has 0 aliphatic carbocycles. The lowest BCUT2D eigenvalue weighted by atomic mass is 10.0. The van der Waals surface area contributed by atoms with Crippen molar-refractivity contribution in [3.63, 3.8) is 0 Å². The summed E-state index contributed by atoms with van der Waals surface area (Å²) in [7, 11) is 0. The molecule has 1 aliphatic rings. The van der Waals surface area contributed by atoms with Gasteiger partial charge in [-0.1, -0.05) is 23.7 Å². The lowest BCUT2D eigenvalue weighted by Gasteiger charge is -2.21. The third kappa shape index (κ3) is 4.25. The van der Waals surface area contributed by atoms with Crippen LogP contribution in [0.5, 0.6) is 0 Å². The third-order valence-corrected chi connectivity index (χ3v) is 3.62. The largest absolute Gasteiger partial charge is 0.380 e. The summed E-state index contributed by atoms with van der Waals surface area (Å²) in [4.78, 5) is 2.43. The van der Waals surface area contributed by atoms with Crippen molar-refractivity contribution in [3.8, 4) is 0 Å². The van der Waals surface area contributed by atoms with Crippen molar-refractivity contribution in [2.45, 2.75) is 18.9 Å². The second kappa shape index (κ2) is 7.10. The van der Waals surface area contributed by atoms with Crippen molar-refractivity contribution in [1.82, 2.24) is 4.90 Å². The van der Waals surface area contributed by atoms with E-state index < -0.39 is 0 Å². The number of halogens is 1. The molecule has 1 heterocycles. The van der Waals surface area contributed by atoms with E-state index in [2.05, 4.69) is 4.90 Å². The minimum atomic E-state index is 0.0893. The van der Waals surface area contributed by atoms with Crippen molar-refractivity contribution in [3.05, 3.63) is 34.9 Å². The fourth-order valence-electron chi connectivity index (χ4n) is 2.22. The van der Waals surface area contributed by atoms with Gasteiger partial charge in [0.25, 0.3) is 0 Å². The maximum absolute atomic E-state index is 6.20. The summed E-state index contributed by atoms with van der Waals surface area (Å²) in [6, 6.07) is 7.91. The molecule has 2 N–H and O–H groups in total. The highest BCUT2D eigenvalue weighted by atomic mass is 35.5. The number of nitrogens with zero attached hydrogens (tertiary/aromatic N) is 1. The minimum Gasteiger partial charge on any atom is -0.380 e.